The molecule has 0 spiro atoms. The summed E-state index contributed by atoms with van der Waals surface area (Å²) < 4.78 is 60.7. The van der Waals surface area contributed by atoms with Crippen molar-refractivity contribution in [3.05, 3.63) is 47.9 Å². The van der Waals surface area contributed by atoms with E-state index in [2.05, 4.69) is 18.2 Å². The van der Waals surface area contributed by atoms with Crippen molar-refractivity contribution in [2.45, 2.75) is 77.9 Å². The molecule has 0 N–H and O–H groups in total. The molecular formula is C27H31F3O5S. The summed E-state index contributed by atoms with van der Waals surface area (Å²) in [5, 5.41) is 0.726. The Hall–Kier alpha value is -2.94. The molecule has 0 amide bonds. The van der Waals surface area contributed by atoms with Crippen LogP contribution in [0.5, 0.6) is 11.5 Å². The minimum atomic E-state index is -4.80. The predicted molar refractivity (Wildman–Crippen MR) is 135 cm³/mol. The summed E-state index contributed by atoms with van der Waals surface area (Å²) in [5.74, 6) is 0.0748. The number of alkyl halides is 3. The van der Waals surface area contributed by atoms with Crippen LogP contribution in [0.15, 0.2) is 47.4 Å². The zero-order chi connectivity index (χ0) is 26.5. The van der Waals surface area contributed by atoms with Crippen LogP contribution in [0.2, 0.25) is 0 Å². The molecule has 2 heterocycles. The zero-order valence-corrected chi connectivity index (χ0v) is 21.7. The Balaban J connectivity index is 1.81. The standard InChI is InChI=1S/C27H31F3O5S/c1-6-8-9-10-20-15-23(34-27(28,29)30)25(36-20)22-13-18-11-12-19(14-21(18)33-22)32-17(3)16-26(4,5)35-24(31)7-2/h7,11-15,17H,2,6,8-10,16H2,1,3-5H3. The predicted octanol–water partition coefficient (Wildman–Crippen LogP) is 8.46. The van der Waals surface area contributed by atoms with Gasteiger partial charge in [-0.2, -0.15) is 0 Å². The van der Waals surface area contributed by atoms with Crippen molar-refractivity contribution >= 4 is 28.3 Å². The molecule has 0 aliphatic rings. The fraction of sp³-hybridized carbons (Fsp3) is 0.444. The largest absolute Gasteiger partial charge is 0.573 e. The third-order valence-electron chi connectivity index (χ3n) is 5.38. The van der Waals surface area contributed by atoms with E-state index in [-0.39, 0.29) is 11.9 Å². The van der Waals surface area contributed by atoms with E-state index in [0.29, 0.717) is 34.8 Å². The van der Waals surface area contributed by atoms with Gasteiger partial charge in [0.1, 0.15) is 27.6 Å². The SMILES string of the molecule is C=CC(=O)OC(C)(C)CC(C)Oc1ccc2cc(-c3sc(CCCCC)cc3OC(F)(F)F)oc2c1. The Labute approximate surface area is 212 Å². The van der Waals surface area contributed by atoms with Crippen molar-refractivity contribution in [3.8, 4) is 22.1 Å². The smallest absolute Gasteiger partial charge is 0.490 e. The molecular weight excluding hydrogens is 493 g/mol. The van der Waals surface area contributed by atoms with Crippen molar-refractivity contribution < 1.29 is 36.6 Å². The van der Waals surface area contributed by atoms with Crippen molar-refractivity contribution in [2.75, 3.05) is 0 Å². The number of furan rings is 1. The Morgan fingerprint density at radius 3 is 2.61 bits per heavy atom. The Morgan fingerprint density at radius 2 is 1.94 bits per heavy atom. The second kappa shape index (κ2) is 11.4. The number of carbonyl (C=O) groups excluding carboxylic acids is 1. The molecule has 0 fully saturated rings. The van der Waals surface area contributed by atoms with Crippen LogP contribution in [0, 0.1) is 0 Å². The van der Waals surface area contributed by atoms with Crippen molar-refractivity contribution in [3.63, 3.8) is 0 Å². The van der Waals surface area contributed by atoms with Crippen LogP contribution < -0.4 is 9.47 Å². The maximum absolute atomic E-state index is 13.0. The number of unbranched alkanes of at least 4 members (excludes halogenated alkanes) is 2. The van der Waals surface area contributed by atoms with E-state index in [0.717, 1.165) is 35.6 Å². The monoisotopic (exact) mass is 524 g/mol. The van der Waals surface area contributed by atoms with Crippen LogP contribution in [0.25, 0.3) is 21.6 Å². The fourth-order valence-electron chi connectivity index (χ4n) is 3.99. The van der Waals surface area contributed by atoms with Gasteiger partial charge >= 0.3 is 12.3 Å². The lowest BCUT2D eigenvalue weighted by Gasteiger charge is -2.28. The number of benzene rings is 1. The topological polar surface area (TPSA) is 57.9 Å². The molecule has 0 bridgehead atoms. The highest BCUT2D eigenvalue weighted by Crippen LogP contribution is 2.43. The molecule has 36 heavy (non-hydrogen) atoms. The van der Waals surface area contributed by atoms with Gasteiger partial charge in [-0.05, 0) is 57.9 Å². The van der Waals surface area contributed by atoms with Gasteiger partial charge in [0.2, 0.25) is 0 Å². The number of esters is 1. The normalized spacial score (nSPS) is 13.0. The number of aryl methyl sites for hydroxylation is 1. The van der Waals surface area contributed by atoms with Crippen LogP contribution in [0.4, 0.5) is 13.2 Å². The first-order chi connectivity index (χ1) is 16.9. The Morgan fingerprint density at radius 1 is 1.19 bits per heavy atom. The van der Waals surface area contributed by atoms with Crippen molar-refractivity contribution in [2.24, 2.45) is 0 Å². The Kier molecular flexibility index (Phi) is 8.76. The van der Waals surface area contributed by atoms with Gasteiger partial charge in [-0.25, -0.2) is 4.79 Å². The molecule has 1 atom stereocenters. The molecule has 5 nitrogen and oxygen atoms in total. The molecule has 3 rings (SSSR count). The molecule has 196 valence electrons. The highest BCUT2D eigenvalue weighted by Gasteiger charge is 2.34. The molecule has 1 aromatic carbocycles. The van der Waals surface area contributed by atoms with Crippen molar-refractivity contribution in [1.29, 1.82) is 0 Å². The van der Waals surface area contributed by atoms with Gasteiger partial charge in [-0.1, -0.05) is 26.3 Å². The lowest BCUT2D eigenvalue weighted by Crippen LogP contribution is -2.33. The minimum Gasteiger partial charge on any atom is -0.490 e. The number of fused-ring (bicyclic) bond motifs is 1. The van der Waals surface area contributed by atoms with E-state index >= 15 is 0 Å². The van der Waals surface area contributed by atoms with E-state index in [1.807, 2.05) is 6.92 Å². The highest BCUT2D eigenvalue weighted by molar-refractivity contribution is 7.15. The molecule has 0 aliphatic carbocycles. The van der Waals surface area contributed by atoms with Crippen LogP contribution in [0.3, 0.4) is 0 Å². The number of carbonyl (C=O) groups is 1. The lowest BCUT2D eigenvalue weighted by molar-refractivity contribution is -0.274. The summed E-state index contributed by atoms with van der Waals surface area (Å²) in [4.78, 5) is 12.7. The fourth-order valence-corrected chi connectivity index (χ4v) is 5.06. The summed E-state index contributed by atoms with van der Waals surface area (Å²) in [5.41, 5.74) is -0.277. The van der Waals surface area contributed by atoms with Gasteiger partial charge in [0, 0.05) is 28.8 Å². The van der Waals surface area contributed by atoms with Gasteiger partial charge in [-0.3, -0.25) is 0 Å². The number of halogens is 3. The maximum Gasteiger partial charge on any atom is 0.573 e. The number of ether oxygens (including phenoxy) is 3. The van der Waals surface area contributed by atoms with Gasteiger partial charge in [0.25, 0.3) is 0 Å². The molecule has 0 radical (unpaired) electrons. The number of hydrogen-bond donors (Lipinski definition) is 0. The number of thiophene rings is 1. The lowest BCUT2D eigenvalue weighted by atomic mass is 10.0. The van der Waals surface area contributed by atoms with E-state index < -0.39 is 17.9 Å². The highest BCUT2D eigenvalue weighted by atomic mass is 32.1. The second-order valence-electron chi connectivity index (χ2n) is 9.24. The maximum atomic E-state index is 13.0. The van der Waals surface area contributed by atoms with Crippen LogP contribution in [-0.2, 0) is 16.0 Å². The molecule has 1 unspecified atom stereocenters. The minimum absolute atomic E-state index is 0.251. The molecule has 0 saturated carbocycles. The summed E-state index contributed by atoms with van der Waals surface area (Å²) in [6.45, 7) is 10.9. The second-order valence-corrected chi connectivity index (χ2v) is 10.4. The van der Waals surface area contributed by atoms with Crippen molar-refractivity contribution in [1.82, 2.24) is 0 Å². The van der Waals surface area contributed by atoms with Gasteiger partial charge in [-0.15, -0.1) is 24.5 Å². The van der Waals surface area contributed by atoms with E-state index in [1.165, 1.54) is 17.4 Å². The average molecular weight is 525 g/mol. The average Bonchev–Trinajstić information content (AvgIpc) is 3.35. The van der Waals surface area contributed by atoms with E-state index in [1.54, 1.807) is 38.1 Å². The summed E-state index contributed by atoms with van der Waals surface area (Å²) >= 11 is 1.25. The van der Waals surface area contributed by atoms with E-state index in [4.69, 9.17) is 13.9 Å². The van der Waals surface area contributed by atoms with Gasteiger partial charge < -0.3 is 18.6 Å². The Bertz CT molecular complexity index is 1190. The van der Waals surface area contributed by atoms with Crippen LogP contribution in [-0.4, -0.2) is 24.0 Å². The summed E-state index contributed by atoms with van der Waals surface area (Å²) in [6.07, 6.45) is 0.0555. The third-order valence-corrected chi connectivity index (χ3v) is 6.57. The van der Waals surface area contributed by atoms with Crippen LogP contribution in [0.1, 0.15) is 58.3 Å². The quantitative estimate of drug-likeness (QED) is 0.135. The third kappa shape index (κ3) is 7.78. The van der Waals surface area contributed by atoms with Gasteiger partial charge in [0.05, 0.1) is 6.10 Å². The summed E-state index contributed by atoms with van der Waals surface area (Å²) in [6, 6.07) is 8.39. The van der Waals surface area contributed by atoms with Crippen LogP contribution >= 0.6 is 11.3 Å². The zero-order valence-electron chi connectivity index (χ0n) is 20.9. The molecule has 3 aromatic rings. The first-order valence-electron chi connectivity index (χ1n) is 11.8. The van der Waals surface area contributed by atoms with E-state index in [9.17, 15) is 18.0 Å². The number of hydrogen-bond acceptors (Lipinski definition) is 6. The molecule has 0 saturated heterocycles. The molecule has 2 aromatic heterocycles. The first kappa shape index (κ1) is 27.6. The first-order valence-corrected chi connectivity index (χ1v) is 12.6. The van der Waals surface area contributed by atoms with Gasteiger partial charge in [0.15, 0.2) is 5.75 Å². The molecule has 9 heteroatoms. The number of rotatable bonds is 12. The molecule has 0 aliphatic heterocycles. The summed E-state index contributed by atoms with van der Waals surface area (Å²) in [7, 11) is 0.